The molecule has 0 amide bonds. The summed E-state index contributed by atoms with van der Waals surface area (Å²) >= 11 is 0. The first-order chi connectivity index (χ1) is 9.79. The largest absolute Gasteiger partial charge is 0.495 e. The molecule has 2 heterocycles. The second kappa shape index (κ2) is 7.63. The van der Waals surface area contributed by atoms with E-state index in [0.717, 1.165) is 24.2 Å². The number of ether oxygens (including phenoxy) is 1. The number of fused-ring (bicyclic) bond motifs is 3. The molecular formula is C17H26N2O. The molecule has 110 valence electrons. The van der Waals surface area contributed by atoms with Crippen molar-refractivity contribution in [3.63, 3.8) is 0 Å². The highest BCUT2D eigenvalue weighted by molar-refractivity contribution is 5.91. The Bertz CT molecular complexity index is 570. The number of H-pyrrole nitrogens is 1. The topological polar surface area (TPSA) is 37.0 Å². The maximum Gasteiger partial charge on any atom is 0.135 e. The molecule has 1 aromatic carbocycles. The third-order valence-electron chi connectivity index (χ3n) is 3.15. The summed E-state index contributed by atoms with van der Waals surface area (Å²) in [5, 5.41) is 4.65. The van der Waals surface area contributed by atoms with Gasteiger partial charge in [0.2, 0.25) is 0 Å². The molecule has 0 spiro atoms. The molecule has 20 heavy (non-hydrogen) atoms. The van der Waals surface area contributed by atoms with Crippen molar-refractivity contribution in [2.45, 2.75) is 34.1 Å². The SMILES string of the molecule is C=C(OC)c1cc2c3c(ccc2[nH]1)NCC3.CC.CC. The van der Waals surface area contributed by atoms with Crippen LogP contribution in [0.5, 0.6) is 0 Å². The fourth-order valence-corrected chi connectivity index (χ4v) is 2.28. The molecule has 0 unspecified atom stereocenters. The van der Waals surface area contributed by atoms with Crippen LogP contribution >= 0.6 is 0 Å². The van der Waals surface area contributed by atoms with Crippen LogP contribution in [0.25, 0.3) is 16.7 Å². The minimum Gasteiger partial charge on any atom is -0.495 e. The van der Waals surface area contributed by atoms with E-state index in [2.05, 4.69) is 35.1 Å². The van der Waals surface area contributed by atoms with E-state index in [1.54, 1.807) is 7.11 Å². The highest BCUT2D eigenvalue weighted by Gasteiger charge is 2.15. The van der Waals surface area contributed by atoms with Gasteiger partial charge in [0.25, 0.3) is 0 Å². The van der Waals surface area contributed by atoms with E-state index in [1.807, 2.05) is 27.7 Å². The molecule has 1 aliphatic heterocycles. The monoisotopic (exact) mass is 274 g/mol. The number of anilines is 1. The molecule has 1 aliphatic rings. The van der Waals surface area contributed by atoms with Crippen molar-refractivity contribution in [1.82, 2.24) is 4.98 Å². The minimum atomic E-state index is 0.677. The van der Waals surface area contributed by atoms with Gasteiger partial charge in [-0.25, -0.2) is 0 Å². The van der Waals surface area contributed by atoms with E-state index >= 15 is 0 Å². The van der Waals surface area contributed by atoms with Crippen LogP contribution in [0.15, 0.2) is 24.8 Å². The predicted octanol–water partition coefficient (Wildman–Crippen LogP) is 4.81. The molecule has 0 fully saturated rings. The van der Waals surface area contributed by atoms with E-state index in [9.17, 15) is 0 Å². The number of benzene rings is 1. The van der Waals surface area contributed by atoms with Crippen molar-refractivity contribution in [2.75, 3.05) is 19.0 Å². The number of aromatic nitrogens is 1. The van der Waals surface area contributed by atoms with Gasteiger partial charge in [0.05, 0.1) is 12.8 Å². The lowest BCUT2D eigenvalue weighted by molar-refractivity contribution is 0.370. The Balaban J connectivity index is 0.000000461. The fourth-order valence-electron chi connectivity index (χ4n) is 2.28. The Labute approximate surface area is 122 Å². The molecule has 3 heteroatoms. The van der Waals surface area contributed by atoms with Crippen LogP contribution < -0.4 is 5.32 Å². The summed E-state index contributed by atoms with van der Waals surface area (Å²) in [4.78, 5) is 3.32. The zero-order valence-corrected chi connectivity index (χ0v) is 13.3. The summed E-state index contributed by atoms with van der Waals surface area (Å²) in [6.07, 6.45) is 1.09. The number of nitrogens with one attached hydrogen (secondary N) is 2. The first kappa shape index (κ1) is 16.2. The van der Waals surface area contributed by atoms with Crippen molar-refractivity contribution in [2.24, 2.45) is 0 Å². The van der Waals surface area contributed by atoms with Crippen LogP contribution in [0.2, 0.25) is 0 Å². The van der Waals surface area contributed by atoms with Gasteiger partial charge in [-0.2, -0.15) is 0 Å². The normalized spacial score (nSPS) is 11.4. The number of methoxy groups -OCH3 is 1. The lowest BCUT2D eigenvalue weighted by Crippen LogP contribution is -1.90. The molecule has 0 saturated heterocycles. The lowest BCUT2D eigenvalue weighted by atomic mass is 10.1. The van der Waals surface area contributed by atoms with Crippen LogP contribution in [0.3, 0.4) is 0 Å². The number of rotatable bonds is 2. The second-order valence-electron chi connectivity index (χ2n) is 4.04. The fraction of sp³-hybridized carbons (Fsp3) is 0.412. The first-order valence-corrected chi connectivity index (χ1v) is 7.41. The van der Waals surface area contributed by atoms with Crippen LogP contribution in [-0.2, 0) is 11.2 Å². The summed E-state index contributed by atoms with van der Waals surface area (Å²) in [5.41, 5.74) is 4.75. The van der Waals surface area contributed by atoms with Crippen LogP contribution in [-0.4, -0.2) is 18.6 Å². The molecular weight excluding hydrogens is 248 g/mol. The maximum absolute atomic E-state index is 5.14. The van der Waals surface area contributed by atoms with Crippen LogP contribution in [0.1, 0.15) is 39.0 Å². The van der Waals surface area contributed by atoms with Gasteiger partial charge < -0.3 is 15.0 Å². The lowest BCUT2D eigenvalue weighted by Gasteiger charge is -1.99. The van der Waals surface area contributed by atoms with Gasteiger partial charge in [-0.1, -0.05) is 34.3 Å². The number of hydrogen-bond donors (Lipinski definition) is 2. The van der Waals surface area contributed by atoms with Crippen LogP contribution in [0, 0.1) is 0 Å². The first-order valence-electron chi connectivity index (χ1n) is 7.41. The Hall–Kier alpha value is -1.90. The Morgan fingerprint density at radius 1 is 1.20 bits per heavy atom. The molecule has 0 saturated carbocycles. The third kappa shape index (κ3) is 2.98. The minimum absolute atomic E-state index is 0.677. The molecule has 0 atom stereocenters. The number of hydrogen-bond acceptors (Lipinski definition) is 2. The van der Waals surface area contributed by atoms with Crippen molar-refractivity contribution < 1.29 is 4.74 Å². The Morgan fingerprint density at radius 3 is 2.55 bits per heavy atom. The quantitative estimate of drug-likeness (QED) is 0.771. The smallest absolute Gasteiger partial charge is 0.135 e. The average molecular weight is 274 g/mol. The summed E-state index contributed by atoms with van der Waals surface area (Å²) < 4.78 is 5.14. The van der Waals surface area contributed by atoms with Crippen molar-refractivity contribution in [3.8, 4) is 0 Å². The van der Waals surface area contributed by atoms with Crippen LogP contribution in [0.4, 0.5) is 5.69 Å². The van der Waals surface area contributed by atoms with E-state index in [4.69, 9.17) is 4.74 Å². The summed E-state index contributed by atoms with van der Waals surface area (Å²) in [6, 6.07) is 6.34. The Kier molecular flexibility index (Phi) is 6.16. The average Bonchev–Trinajstić information content (AvgIpc) is 3.15. The highest BCUT2D eigenvalue weighted by atomic mass is 16.5. The van der Waals surface area contributed by atoms with Gasteiger partial charge in [0.15, 0.2) is 0 Å². The van der Waals surface area contributed by atoms with Gasteiger partial charge in [0.1, 0.15) is 5.76 Å². The summed E-state index contributed by atoms with van der Waals surface area (Å²) in [7, 11) is 1.64. The van der Waals surface area contributed by atoms with Gasteiger partial charge in [-0.05, 0) is 30.2 Å². The standard InChI is InChI=1S/C13H14N2O.2C2H6/c1-8(16-2)13-7-10-9-5-6-14-11(9)3-4-12(10)15-13;2*1-2/h3-4,7,14-15H,1,5-6H2,2H3;2*1-2H3. The van der Waals surface area contributed by atoms with Gasteiger partial charge >= 0.3 is 0 Å². The summed E-state index contributed by atoms with van der Waals surface area (Å²) in [5.74, 6) is 0.677. The van der Waals surface area contributed by atoms with E-state index in [0.29, 0.717) is 5.76 Å². The van der Waals surface area contributed by atoms with Gasteiger partial charge in [-0.3, -0.25) is 0 Å². The third-order valence-corrected chi connectivity index (χ3v) is 3.15. The van der Waals surface area contributed by atoms with Crippen molar-refractivity contribution in [3.05, 3.63) is 36.0 Å². The van der Waals surface area contributed by atoms with E-state index < -0.39 is 0 Å². The molecule has 0 bridgehead atoms. The highest BCUT2D eigenvalue weighted by Crippen LogP contribution is 2.31. The molecule has 3 rings (SSSR count). The van der Waals surface area contributed by atoms with E-state index in [-0.39, 0.29) is 0 Å². The molecule has 2 aromatic rings. The zero-order chi connectivity index (χ0) is 15.1. The predicted molar refractivity (Wildman–Crippen MR) is 89.2 cm³/mol. The molecule has 3 nitrogen and oxygen atoms in total. The molecule has 1 aromatic heterocycles. The zero-order valence-electron chi connectivity index (χ0n) is 13.3. The van der Waals surface area contributed by atoms with Gasteiger partial charge in [0, 0.05) is 23.1 Å². The van der Waals surface area contributed by atoms with Crippen molar-refractivity contribution in [1.29, 1.82) is 0 Å². The molecule has 0 aliphatic carbocycles. The van der Waals surface area contributed by atoms with Gasteiger partial charge in [-0.15, -0.1) is 0 Å². The summed E-state index contributed by atoms with van der Waals surface area (Å²) in [6.45, 7) is 12.9. The van der Waals surface area contributed by atoms with Crippen molar-refractivity contribution >= 4 is 22.3 Å². The molecule has 0 radical (unpaired) electrons. The van der Waals surface area contributed by atoms with E-state index in [1.165, 1.54) is 16.6 Å². The maximum atomic E-state index is 5.14. The Morgan fingerprint density at radius 2 is 1.90 bits per heavy atom. The second-order valence-corrected chi connectivity index (χ2v) is 4.04. The number of aromatic amines is 1. The molecule has 2 N–H and O–H groups in total.